The van der Waals surface area contributed by atoms with Crippen LogP contribution in [0.3, 0.4) is 0 Å². The molecule has 2 rings (SSSR count). The molecule has 4 nitrogen and oxygen atoms in total. The van der Waals surface area contributed by atoms with Gasteiger partial charge in [0, 0.05) is 23.4 Å². The fourth-order valence-corrected chi connectivity index (χ4v) is 1.84. The third-order valence-electron chi connectivity index (χ3n) is 2.78. The Balaban J connectivity index is 2.56. The Hall–Kier alpha value is -1.42. The number of fused-ring (bicyclic) bond motifs is 1. The van der Waals surface area contributed by atoms with Crippen LogP contribution in [-0.4, -0.2) is 22.7 Å². The number of hydrogen-bond acceptors (Lipinski definition) is 3. The van der Waals surface area contributed by atoms with Crippen molar-refractivity contribution < 1.29 is 14.6 Å². The van der Waals surface area contributed by atoms with Gasteiger partial charge in [0.15, 0.2) is 0 Å². The Morgan fingerprint density at radius 3 is 2.94 bits per heavy atom. The second-order valence-electron chi connectivity index (χ2n) is 4.28. The minimum atomic E-state index is -0.897. The van der Waals surface area contributed by atoms with E-state index in [4.69, 9.17) is 9.84 Å². The summed E-state index contributed by atoms with van der Waals surface area (Å²) in [5.74, 6) is -0.655. The Labute approximate surface area is 94.3 Å². The third-order valence-corrected chi connectivity index (χ3v) is 2.78. The van der Waals surface area contributed by atoms with E-state index in [2.05, 4.69) is 4.98 Å². The van der Waals surface area contributed by atoms with Gasteiger partial charge < -0.3 is 9.84 Å². The molecule has 0 aliphatic carbocycles. The van der Waals surface area contributed by atoms with E-state index < -0.39 is 5.97 Å². The summed E-state index contributed by atoms with van der Waals surface area (Å²) >= 11 is 0. The summed E-state index contributed by atoms with van der Waals surface area (Å²) in [4.78, 5) is 15.7. The number of aromatic carboxylic acids is 1. The number of carboxylic acid groups (broad SMARTS) is 1. The van der Waals surface area contributed by atoms with E-state index in [-0.39, 0.29) is 5.92 Å². The van der Waals surface area contributed by atoms with Gasteiger partial charge in [-0.2, -0.15) is 0 Å². The number of pyridine rings is 1. The first-order chi connectivity index (χ1) is 7.59. The van der Waals surface area contributed by atoms with Crippen LogP contribution in [0.4, 0.5) is 0 Å². The highest BCUT2D eigenvalue weighted by molar-refractivity contribution is 5.89. The highest BCUT2D eigenvalue weighted by Gasteiger charge is 2.21. The van der Waals surface area contributed by atoms with Crippen molar-refractivity contribution in [2.24, 2.45) is 0 Å². The predicted octanol–water partition coefficient (Wildman–Crippen LogP) is 1.98. The monoisotopic (exact) mass is 221 g/mol. The van der Waals surface area contributed by atoms with Crippen LogP contribution in [0.1, 0.15) is 47.1 Å². The Morgan fingerprint density at radius 1 is 1.56 bits per heavy atom. The van der Waals surface area contributed by atoms with Crippen molar-refractivity contribution >= 4 is 5.97 Å². The molecule has 0 aromatic carbocycles. The molecule has 0 atom stereocenters. The lowest BCUT2D eigenvalue weighted by Gasteiger charge is -2.19. The molecule has 86 valence electrons. The van der Waals surface area contributed by atoms with Crippen molar-refractivity contribution in [3.63, 3.8) is 0 Å². The Morgan fingerprint density at radius 2 is 2.31 bits per heavy atom. The van der Waals surface area contributed by atoms with Crippen molar-refractivity contribution in [1.82, 2.24) is 4.98 Å². The molecule has 0 unspecified atom stereocenters. The van der Waals surface area contributed by atoms with Gasteiger partial charge in [-0.15, -0.1) is 0 Å². The Bertz CT molecular complexity index is 427. The molecule has 1 aromatic heterocycles. The fourth-order valence-electron chi connectivity index (χ4n) is 1.84. The summed E-state index contributed by atoms with van der Waals surface area (Å²) in [6.07, 6.45) is 0.705. The average molecular weight is 221 g/mol. The van der Waals surface area contributed by atoms with Gasteiger partial charge in [0.25, 0.3) is 0 Å². The smallest absolute Gasteiger partial charge is 0.336 e. The van der Waals surface area contributed by atoms with Gasteiger partial charge in [-0.1, -0.05) is 13.8 Å². The molecule has 0 saturated heterocycles. The number of rotatable bonds is 2. The van der Waals surface area contributed by atoms with Crippen LogP contribution in [0.25, 0.3) is 0 Å². The molecule has 0 fully saturated rings. The van der Waals surface area contributed by atoms with Crippen LogP contribution >= 0.6 is 0 Å². The molecule has 1 aromatic rings. The first kappa shape index (κ1) is 11.1. The topological polar surface area (TPSA) is 59.4 Å². The van der Waals surface area contributed by atoms with E-state index in [1.807, 2.05) is 13.8 Å². The molecule has 0 bridgehead atoms. The summed E-state index contributed by atoms with van der Waals surface area (Å²) in [5.41, 5.74) is 2.81. The number of carboxylic acids is 1. The predicted molar refractivity (Wildman–Crippen MR) is 58.6 cm³/mol. The molecular formula is C12H15NO3. The zero-order valence-electron chi connectivity index (χ0n) is 9.49. The van der Waals surface area contributed by atoms with E-state index in [9.17, 15) is 4.79 Å². The lowest BCUT2D eigenvalue weighted by Crippen LogP contribution is -2.18. The van der Waals surface area contributed by atoms with Crippen LogP contribution in [0.15, 0.2) is 6.07 Å². The highest BCUT2D eigenvalue weighted by Crippen LogP contribution is 2.23. The van der Waals surface area contributed by atoms with Crippen LogP contribution in [0, 0.1) is 0 Å². The zero-order chi connectivity index (χ0) is 11.7. The van der Waals surface area contributed by atoms with Crippen LogP contribution in [0.2, 0.25) is 0 Å². The molecule has 0 spiro atoms. The zero-order valence-corrected chi connectivity index (χ0v) is 9.49. The van der Waals surface area contributed by atoms with E-state index in [1.165, 1.54) is 0 Å². The molecular weight excluding hydrogens is 206 g/mol. The van der Waals surface area contributed by atoms with Crippen molar-refractivity contribution in [2.75, 3.05) is 6.61 Å². The second kappa shape index (κ2) is 4.22. The van der Waals surface area contributed by atoms with Gasteiger partial charge in [-0.3, -0.25) is 4.98 Å². The molecule has 2 heterocycles. The van der Waals surface area contributed by atoms with Crippen molar-refractivity contribution in [1.29, 1.82) is 0 Å². The number of carbonyl (C=O) groups is 1. The van der Waals surface area contributed by atoms with Crippen molar-refractivity contribution in [2.45, 2.75) is 32.8 Å². The normalized spacial score (nSPS) is 14.9. The van der Waals surface area contributed by atoms with Crippen LogP contribution in [-0.2, 0) is 17.8 Å². The summed E-state index contributed by atoms with van der Waals surface area (Å²) in [7, 11) is 0. The van der Waals surface area contributed by atoms with Crippen molar-refractivity contribution in [3.8, 4) is 0 Å². The molecule has 4 heteroatoms. The third kappa shape index (κ3) is 1.93. The minimum absolute atomic E-state index is 0.242. The van der Waals surface area contributed by atoms with Gasteiger partial charge in [0.2, 0.25) is 0 Å². The molecule has 1 N–H and O–H groups in total. The Kier molecular flexibility index (Phi) is 2.92. The van der Waals surface area contributed by atoms with E-state index in [0.717, 1.165) is 17.0 Å². The maximum Gasteiger partial charge on any atom is 0.336 e. The van der Waals surface area contributed by atoms with Gasteiger partial charge in [-0.05, 0) is 12.0 Å². The lowest BCUT2D eigenvalue weighted by molar-refractivity contribution is 0.0680. The minimum Gasteiger partial charge on any atom is -0.478 e. The average Bonchev–Trinajstić information content (AvgIpc) is 2.27. The van der Waals surface area contributed by atoms with E-state index >= 15 is 0 Å². The second-order valence-corrected chi connectivity index (χ2v) is 4.28. The number of ether oxygens (including phenoxy) is 1. The molecule has 0 saturated carbocycles. The number of nitrogens with zero attached hydrogens (tertiary/aromatic N) is 1. The van der Waals surface area contributed by atoms with Crippen LogP contribution in [0.5, 0.6) is 0 Å². The first-order valence-electron chi connectivity index (χ1n) is 5.43. The quantitative estimate of drug-likeness (QED) is 0.829. The summed E-state index contributed by atoms with van der Waals surface area (Å²) in [6.45, 7) is 5.02. The summed E-state index contributed by atoms with van der Waals surface area (Å²) in [6, 6.07) is 1.67. The standard InChI is InChI=1S/C12H15NO3/c1-7(2)11-5-8(12(14)15)9-6-16-4-3-10(9)13-11/h5,7H,3-4,6H2,1-2H3,(H,14,15). The molecule has 1 aliphatic heterocycles. The molecule has 1 aliphatic rings. The van der Waals surface area contributed by atoms with Crippen LogP contribution < -0.4 is 0 Å². The summed E-state index contributed by atoms with van der Waals surface area (Å²) in [5, 5.41) is 9.16. The lowest BCUT2D eigenvalue weighted by atomic mass is 9.99. The SMILES string of the molecule is CC(C)c1cc(C(=O)O)c2c(n1)CCOC2. The largest absolute Gasteiger partial charge is 0.478 e. The van der Waals surface area contributed by atoms with E-state index in [1.54, 1.807) is 6.07 Å². The van der Waals surface area contributed by atoms with Gasteiger partial charge in [-0.25, -0.2) is 4.79 Å². The summed E-state index contributed by atoms with van der Waals surface area (Å²) < 4.78 is 5.28. The number of hydrogen-bond donors (Lipinski definition) is 1. The first-order valence-corrected chi connectivity index (χ1v) is 5.43. The number of aromatic nitrogens is 1. The maximum absolute atomic E-state index is 11.2. The maximum atomic E-state index is 11.2. The van der Waals surface area contributed by atoms with Crippen molar-refractivity contribution in [3.05, 3.63) is 28.6 Å². The molecule has 0 radical (unpaired) electrons. The van der Waals surface area contributed by atoms with Gasteiger partial charge in [0.05, 0.1) is 18.8 Å². The van der Waals surface area contributed by atoms with Gasteiger partial charge in [0.1, 0.15) is 0 Å². The highest BCUT2D eigenvalue weighted by atomic mass is 16.5. The fraction of sp³-hybridized carbons (Fsp3) is 0.500. The van der Waals surface area contributed by atoms with Gasteiger partial charge >= 0.3 is 5.97 Å². The molecule has 0 amide bonds. The van der Waals surface area contributed by atoms with E-state index in [0.29, 0.717) is 25.2 Å². The molecule has 16 heavy (non-hydrogen) atoms.